The molecule has 0 aromatic rings. The van der Waals surface area contributed by atoms with Gasteiger partial charge in [0.05, 0.1) is 0 Å². The molecular weight excluding hydrogens is 160 g/mol. The van der Waals surface area contributed by atoms with E-state index in [0.717, 1.165) is 0 Å². The quantitative estimate of drug-likeness (QED) is 0.441. The highest BCUT2D eigenvalue weighted by molar-refractivity contribution is 5.53. The van der Waals surface area contributed by atoms with Crippen molar-refractivity contribution in [3.63, 3.8) is 0 Å². The van der Waals surface area contributed by atoms with Gasteiger partial charge in [-0.05, 0) is 37.0 Å². The summed E-state index contributed by atoms with van der Waals surface area (Å²) in [5, 5.41) is 0. The number of carbonyl (C=O) groups excluding carboxylic acids is 1. The highest BCUT2D eigenvalue weighted by Crippen LogP contribution is 2.81. The van der Waals surface area contributed by atoms with Gasteiger partial charge >= 0.3 is 0 Å². The zero-order chi connectivity index (χ0) is 8.94. The lowest BCUT2D eigenvalue weighted by Crippen LogP contribution is -2.05. The summed E-state index contributed by atoms with van der Waals surface area (Å²) in [6, 6.07) is 0. The lowest BCUT2D eigenvalue weighted by atomic mass is 9.89. The minimum atomic E-state index is 0.252. The Morgan fingerprint density at radius 3 is 3.08 bits per heavy atom. The molecule has 1 spiro atoms. The Balaban J connectivity index is 2.06. The fourth-order valence-electron chi connectivity index (χ4n) is 4.07. The third-order valence-electron chi connectivity index (χ3n) is 4.61. The molecule has 3 aliphatic carbocycles. The van der Waals surface area contributed by atoms with Gasteiger partial charge in [-0.15, -0.1) is 0 Å². The molecule has 3 rings (SSSR count). The number of hydrogen-bond acceptors (Lipinski definition) is 1. The lowest BCUT2D eigenvalue weighted by Gasteiger charge is -2.15. The summed E-state index contributed by atoms with van der Waals surface area (Å²) in [6.45, 7) is 0. The molecule has 0 bridgehead atoms. The number of rotatable bonds is 1. The number of fused-ring (bicyclic) bond motifs is 1. The standard InChI is InChI=1S/C12H14O/c13-9-8-12-7-3-6-11(12)5-2-1-4-10(11)12/h1,4,8,10H,2-3,5-7H2/t10-,11-,12-/m1/s1. The second-order valence-electron chi connectivity index (χ2n) is 4.76. The van der Waals surface area contributed by atoms with Gasteiger partial charge in [0.15, 0.2) is 0 Å². The van der Waals surface area contributed by atoms with Gasteiger partial charge in [0.25, 0.3) is 0 Å². The molecule has 0 aromatic heterocycles. The van der Waals surface area contributed by atoms with Crippen molar-refractivity contribution in [3.05, 3.63) is 18.2 Å². The van der Waals surface area contributed by atoms with Crippen molar-refractivity contribution in [2.75, 3.05) is 0 Å². The van der Waals surface area contributed by atoms with Crippen molar-refractivity contribution in [3.8, 4) is 0 Å². The van der Waals surface area contributed by atoms with Gasteiger partial charge in [0.2, 0.25) is 0 Å². The average Bonchev–Trinajstić information content (AvgIpc) is 2.54. The second kappa shape index (κ2) is 2.16. The van der Waals surface area contributed by atoms with Gasteiger partial charge < -0.3 is 0 Å². The normalized spacial score (nSPS) is 50.6. The maximum atomic E-state index is 10.5. The Morgan fingerprint density at radius 1 is 1.38 bits per heavy atom. The average molecular weight is 174 g/mol. The van der Waals surface area contributed by atoms with Crippen molar-refractivity contribution < 1.29 is 4.79 Å². The van der Waals surface area contributed by atoms with E-state index in [4.69, 9.17) is 0 Å². The highest BCUT2D eigenvalue weighted by atomic mass is 16.1. The maximum absolute atomic E-state index is 10.5. The Bertz CT molecular complexity index is 324. The topological polar surface area (TPSA) is 17.1 Å². The molecule has 3 atom stereocenters. The van der Waals surface area contributed by atoms with Gasteiger partial charge in [-0.2, -0.15) is 0 Å². The Labute approximate surface area is 78.5 Å². The summed E-state index contributed by atoms with van der Waals surface area (Å²) >= 11 is 0. The smallest absolute Gasteiger partial charge is 0.120 e. The van der Waals surface area contributed by atoms with Crippen molar-refractivity contribution >= 4 is 5.94 Å². The fourth-order valence-corrected chi connectivity index (χ4v) is 4.07. The molecule has 68 valence electrons. The number of allylic oxidation sites excluding steroid dienone is 3. The van der Waals surface area contributed by atoms with E-state index in [0.29, 0.717) is 11.3 Å². The van der Waals surface area contributed by atoms with Crippen LogP contribution in [0.5, 0.6) is 0 Å². The molecule has 0 amide bonds. The van der Waals surface area contributed by atoms with Crippen LogP contribution in [0.3, 0.4) is 0 Å². The van der Waals surface area contributed by atoms with E-state index in [-0.39, 0.29) is 5.41 Å². The molecule has 1 heteroatoms. The first-order chi connectivity index (χ1) is 6.36. The van der Waals surface area contributed by atoms with Crippen LogP contribution in [-0.2, 0) is 4.79 Å². The zero-order valence-corrected chi connectivity index (χ0v) is 7.75. The monoisotopic (exact) mass is 174 g/mol. The maximum Gasteiger partial charge on any atom is 0.120 e. The minimum Gasteiger partial charge on any atom is -0.234 e. The van der Waals surface area contributed by atoms with E-state index in [9.17, 15) is 4.79 Å². The van der Waals surface area contributed by atoms with E-state index in [2.05, 4.69) is 12.2 Å². The molecule has 1 nitrogen and oxygen atoms in total. The summed E-state index contributed by atoms with van der Waals surface area (Å²) in [6.07, 6.45) is 12.8. The number of hydrogen-bond donors (Lipinski definition) is 0. The van der Waals surface area contributed by atoms with Crippen LogP contribution >= 0.6 is 0 Å². The van der Waals surface area contributed by atoms with E-state index >= 15 is 0 Å². The molecule has 0 heterocycles. The molecule has 0 aliphatic heterocycles. The first kappa shape index (κ1) is 7.58. The van der Waals surface area contributed by atoms with Crippen LogP contribution in [0.25, 0.3) is 0 Å². The molecule has 0 aromatic carbocycles. The molecular formula is C12H14O. The predicted octanol–water partition coefficient (Wildman–Crippen LogP) is 2.51. The highest BCUT2D eigenvalue weighted by Gasteiger charge is 2.75. The molecule has 0 saturated heterocycles. The SMILES string of the molecule is O=C=C[C@@]12CCC[C@@]13CCC=C[C@H]32. The predicted molar refractivity (Wildman–Crippen MR) is 50.8 cm³/mol. The van der Waals surface area contributed by atoms with Crippen LogP contribution in [0.1, 0.15) is 32.1 Å². The summed E-state index contributed by atoms with van der Waals surface area (Å²) in [5.74, 6) is 2.72. The summed E-state index contributed by atoms with van der Waals surface area (Å²) < 4.78 is 0. The zero-order valence-electron chi connectivity index (χ0n) is 7.75. The van der Waals surface area contributed by atoms with Crippen LogP contribution in [0.2, 0.25) is 0 Å². The second-order valence-corrected chi connectivity index (χ2v) is 4.76. The van der Waals surface area contributed by atoms with Crippen LogP contribution in [0.15, 0.2) is 18.2 Å². The Hall–Kier alpha value is -0.810. The Morgan fingerprint density at radius 2 is 2.31 bits per heavy atom. The lowest BCUT2D eigenvalue weighted by molar-refractivity contribution is 0.399. The van der Waals surface area contributed by atoms with Crippen molar-refractivity contribution in [2.45, 2.75) is 32.1 Å². The van der Waals surface area contributed by atoms with E-state index in [1.165, 1.54) is 32.1 Å². The molecule has 2 saturated carbocycles. The fraction of sp³-hybridized carbons (Fsp3) is 0.667. The molecule has 0 unspecified atom stereocenters. The van der Waals surface area contributed by atoms with Crippen molar-refractivity contribution in [1.29, 1.82) is 0 Å². The third kappa shape index (κ3) is 0.648. The minimum absolute atomic E-state index is 0.252. The third-order valence-corrected chi connectivity index (χ3v) is 4.61. The first-order valence-electron chi connectivity index (χ1n) is 5.24. The summed E-state index contributed by atoms with van der Waals surface area (Å²) in [4.78, 5) is 10.5. The first-order valence-corrected chi connectivity index (χ1v) is 5.24. The van der Waals surface area contributed by atoms with Gasteiger partial charge in [-0.3, -0.25) is 0 Å². The van der Waals surface area contributed by atoms with Crippen LogP contribution in [0, 0.1) is 16.7 Å². The summed E-state index contributed by atoms with van der Waals surface area (Å²) in [5.41, 5.74) is 0.751. The van der Waals surface area contributed by atoms with Crippen LogP contribution < -0.4 is 0 Å². The molecule has 2 fully saturated rings. The van der Waals surface area contributed by atoms with Crippen LogP contribution in [-0.4, -0.2) is 5.94 Å². The molecule has 13 heavy (non-hydrogen) atoms. The van der Waals surface area contributed by atoms with Gasteiger partial charge in [0, 0.05) is 11.5 Å². The molecule has 0 radical (unpaired) electrons. The van der Waals surface area contributed by atoms with E-state index in [1.54, 1.807) is 0 Å². The van der Waals surface area contributed by atoms with Crippen molar-refractivity contribution in [2.24, 2.45) is 16.7 Å². The van der Waals surface area contributed by atoms with E-state index < -0.39 is 0 Å². The van der Waals surface area contributed by atoms with Gasteiger partial charge in [-0.1, -0.05) is 18.6 Å². The van der Waals surface area contributed by atoms with Gasteiger partial charge in [0.1, 0.15) is 5.94 Å². The van der Waals surface area contributed by atoms with Crippen molar-refractivity contribution in [1.82, 2.24) is 0 Å². The van der Waals surface area contributed by atoms with Gasteiger partial charge in [-0.25, -0.2) is 4.79 Å². The molecule has 3 aliphatic rings. The van der Waals surface area contributed by atoms with E-state index in [1.807, 2.05) is 12.0 Å². The Kier molecular flexibility index (Phi) is 1.26. The molecule has 0 N–H and O–H groups in total. The van der Waals surface area contributed by atoms with Crippen LogP contribution in [0.4, 0.5) is 0 Å². The summed E-state index contributed by atoms with van der Waals surface area (Å²) in [7, 11) is 0. The largest absolute Gasteiger partial charge is 0.234 e.